The Bertz CT molecular complexity index is 1050. The Morgan fingerprint density at radius 1 is 1.07 bits per heavy atom. The number of carboxylic acid groups (broad SMARTS) is 1. The maximum Gasteiger partial charge on any atom is 0.358 e. The summed E-state index contributed by atoms with van der Waals surface area (Å²) in [4.78, 5) is 11.8. The van der Waals surface area contributed by atoms with Gasteiger partial charge in [-0.1, -0.05) is 57.1 Å². The third-order valence-corrected chi connectivity index (χ3v) is 4.86. The van der Waals surface area contributed by atoms with Gasteiger partial charge < -0.3 is 25.2 Å². The summed E-state index contributed by atoms with van der Waals surface area (Å²) < 4.78 is 5.38. The van der Waals surface area contributed by atoms with Crippen molar-refractivity contribution in [1.29, 1.82) is 0 Å². The molecule has 0 aliphatic carbocycles. The predicted molar refractivity (Wildman–Crippen MR) is 114 cm³/mol. The molecule has 7 heteroatoms. The van der Waals surface area contributed by atoms with Crippen molar-refractivity contribution in [2.24, 2.45) is 0 Å². The van der Waals surface area contributed by atoms with Crippen LogP contribution in [0.2, 0.25) is 0 Å². The SMILES string of the molecule is CC(C)NCc1ccc(-c2c(C(=O)O)noc2-c2cc(C(C)C)c(O)cc2O)cc1. The summed E-state index contributed by atoms with van der Waals surface area (Å²) in [6.45, 7) is 8.63. The number of nitrogens with one attached hydrogen (secondary N) is 1. The van der Waals surface area contributed by atoms with Crippen molar-refractivity contribution in [2.45, 2.75) is 46.2 Å². The van der Waals surface area contributed by atoms with Crippen molar-refractivity contribution in [3.05, 3.63) is 53.2 Å². The monoisotopic (exact) mass is 410 g/mol. The van der Waals surface area contributed by atoms with Crippen LogP contribution >= 0.6 is 0 Å². The van der Waals surface area contributed by atoms with Gasteiger partial charge in [-0.3, -0.25) is 0 Å². The van der Waals surface area contributed by atoms with Crippen LogP contribution in [0.5, 0.6) is 11.5 Å². The van der Waals surface area contributed by atoms with E-state index in [1.54, 1.807) is 18.2 Å². The van der Waals surface area contributed by atoms with E-state index in [1.165, 1.54) is 6.07 Å². The molecule has 4 N–H and O–H groups in total. The number of hydrogen-bond donors (Lipinski definition) is 4. The summed E-state index contributed by atoms with van der Waals surface area (Å²) >= 11 is 0. The third-order valence-electron chi connectivity index (χ3n) is 4.86. The summed E-state index contributed by atoms with van der Waals surface area (Å²) in [5.41, 5.74) is 2.58. The second-order valence-corrected chi connectivity index (χ2v) is 7.86. The molecule has 0 unspecified atom stereocenters. The number of phenolic OH excluding ortho intramolecular Hbond substituents is 2. The number of hydrogen-bond acceptors (Lipinski definition) is 6. The average molecular weight is 410 g/mol. The average Bonchev–Trinajstić information content (AvgIpc) is 3.11. The topological polar surface area (TPSA) is 116 Å². The fraction of sp³-hybridized carbons (Fsp3) is 0.304. The standard InChI is InChI=1S/C23H26N2O5/c1-12(2)16-9-17(19(27)10-18(16)26)22-20(21(23(28)29)25-30-22)15-7-5-14(6-8-15)11-24-13(3)4/h5-10,12-13,24,26-27H,11H2,1-4H3,(H,28,29). The van der Waals surface area contributed by atoms with Crippen LogP contribution in [0.3, 0.4) is 0 Å². The minimum atomic E-state index is -1.23. The highest BCUT2D eigenvalue weighted by atomic mass is 16.5. The Kier molecular flexibility index (Phi) is 6.12. The molecule has 1 heterocycles. The number of phenols is 2. The highest BCUT2D eigenvalue weighted by Gasteiger charge is 2.26. The van der Waals surface area contributed by atoms with Gasteiger partial charge in [0.05, 0.1) is 11.1 Å². The number of aromatic carboxylic acids is 1. The molecule has 0 atom stereocenters. The normalized spacial score (nSPS) is 11.4. The van der Waals surface area contributed by atoms with Gasteiger partial charge in [-0.05, 0) is 28.7 Å². The van der Waals surface area contributed by atoms with E-state index >= 15 is 0 Å². The molecule has 3 aromatic rings. The van der Waals surface area contributed by atoms with Crippen LogP contribution in [0.15, 0.2) is 40.9 Å². The van der Waals surface area contributed by atoms with Gasteiger partial charge in [0.15, 0.2) is 11.5 Å². The fourth-order valence-electron chi connectivity index (χ4n) is 3.24. The molecule has 0 amide bonds. The first-order chi connectivity index (χ1) is 14.2. The van der Waals surface area contributed by atoms with E-state index < -0.39 is 5.97 Å². The van der Waals surface area contributed by atoms with Crippen LogP contribution in [-0.4, -0.2) is 32.5 Å². The molecule has 0 spiro atoms. The third kappa shape index (κ3) is 4.31. The predicted octanol–water partition coefficient (Wildman–Crippen LogP) is 4.74. The lowest BCUT2D eigenvalue weighted by Crippen LogP contribution is -2.21. The van der Waals surface area contributed by atoms with E-state index in [0.29, 0.717) is 23.7 Å². The zero-order chi connectivity index (χ0) is 22.0. The van der Waals surface area contributed by atoms with Crippen molar-refractivity contribution < 1.29 is 24.6 Å². The minimum Gasteiger partial charge on any atom is -0.508 e. The van der Waals surface area contributed by atoms with Crippen molar-refractivity contribution in [3.8, 4) is 33.9 Å². The van der Waals surface area contributed by atoms with Crippen LogP contribution in [0, 0.1) is 0 Å². The van der Waals surface area contributed by atoms with Crippen molar-refractivity contribution in [2.75, 3.05) is 0 Å². The van der Waals surface area contributed by atoms with E-state index in [2.05, 4.69) is 24.3 Å². The van der Waals surface area contributed by atoms with Crippen molar-refractivity contribution >= 4 is 5.97 Å². The summed E-state index contributed by atoms with van der Waals surface area (Å²) in [5.74, 6) is -1.35. The maximum absolute atomic E-state index is 11.8. The smallest absolute Gasteiger partial charge is 0.358 e. The molecule has 3 rings (SSSR count). The van der Waals surface area contributed by atoms with Gasteiger partial charge in [0.2, 0.25) is 0 Å². The Hall–Kier alpha value is -3.32. The molecule has 0 fully saturated rings. The first kappa shape index (κ1) is 21.4. The van der Waals surface area contributed by atoms with Crippen LogP contribution in [0.4, 0.5) is 0 Å². The van der Waals surface area contributed by atoms with E-state index in [4.69, 9.17) is 4.52 Å². The number of rotatable bonds is 7. The minimum absolute atomic E-state index is 0.0117. The molecule has 0 aliphatic heterocycles. The van der Waals surface area contributed by atoms with E-state index in [0.717, 1.165) is 5.56 Å². The Labute approximate surface area is 175 Å². The summed E-state index contributed by atoms with van der Waals surface area (Å²) in [6.07, 6.45) is 0. The van der Waals surface area contributed by atoms with Crippen molar-refractivity contribution in [1.82, 2.24) is 10.5 Å². The zero-order valence-corrected chi connectivity index (χ0v) is 17.4. The molecular weight excluding hydrogens is 384 g/mol. The Balaban J connectivity index is 2.12. The quantitative estimate of drug-likeness (QED) is 0.444. The number of aromatic nitrogens is 1. The number of nitrogens with zero attached hydrogens (tertiary/aromatic N) is 1. The number of carboxylic acids is 1. The van der Waals surface area contributed by atoms with Gasteiger partial charge in [0.1, 0.15) is 11.5 Å². The molecule has 158 valence electrons. The van der Waals surface area contributed by atoms with E-state index in [1.807, 2.05) is 26.0 Å². The fourth-order valence-corrected chi connectivity index (χ4v) is 3.24. The molecule has 0 aliphatic rings. The van der Waals surface area contributed by atoms with Gasteiger partial charge in [0, 0.05) is 18.7 Å². The molecule has 2 aromatic carbocycles. The molecule has 30 heavy (non-hydrogen) atoms. The van der Waals surface area contributed by atoms with Gasteiger partial charge in [-0.15, -0.1) is 0 Å². The Morgan fingerprint density at radius 2 is 1.73 bits per heavy atom. The molecule has 0 bridgehead atoms. The molecule has 0 saturated carbocycles. The summed E-state index contributed by atoms with van der Waals surface area (Å²) in [5, 5.41) is 37.2. The van der Waals surface area contributed by atoms with Crippen LogP contribution in [0.1, 0.15) is 55.2 Å². The summed E-state index contributed by atoms with van der Waals surface area (Å²) in [6, 6.07) is 10.6. The van der Waals surface area contributed by atoms with Gasteiger partial charge >= 0.3 is 5.97 Å². The van der Waals surface area contributed by atoms with E-state index in [9.17, 15) is 20.1 Å². The lowest BCUT2D eigenvalue weighted by Gasteiger charge is -2.12. The number of benzene rings is 2. The molecule has 0 saturated heterocycles. The molecule has 0 radical (unpaired) electrons. The first-order valence-corrected chi connectivity index (χ1v) is 9.81. The molecule has 1 aromatic heterocycles. The van der Waals surface area contributed by atoms with E-state index in [-0.39, 0.29) is 40.0 Å². The first-order valence-electron chi connectivity index (χ1n) is 9.81. The maximum atomic E-state index is 11.8. The number of carbonyl (C=O) groups is 1. The lowest BCUT2D eigenvalue weighted by atomic mass is 9.94. The van der Waals surface area contributed by atoms with Gasteiger partial charge in [-0.25, -0.2) is 4.79 Å². The highest BCUT2D eigenvalue weighted by molar-refractivity contribution is 5.99. The highest BCUT2D eigenvalue weighted by Crippen LogP contribution is 2.43. The second kappa shape index (κ2) is 8.59. The Morgan fingerprint density at radius 3 is 2.30 bits per heavy atom. The molecule has 7 nitrogen and oxygen atoms in total. The van der Waals surface area contributed by atoms with Crippen LogP contribution in [-0.2, 0) is 6.54 Å². The van der Waals surface area contributed by atoms with Gasteiger partial charge in [-0.2, -0.15) is 0 Å². The van der Waals surface area contributed by atoms with Crippen LogP contribution < -0.4 is 5.32 Å². The lowest BCUT2D eigenvalue weighted by molar-refractivity contribution is 0.0686. The van der Waals surface area contributed by atoms with Gasteiger partial charge in [0.25, 0.3) is 0 Å². The second-order valence-electron chi connectivity index (χ2n) is 7.86. The van der Waals surface area contributed by atoms with Crippen molar-refractivity contribution in [3.63, 3.8) is 0 Å². The van der Waals surface area contributed by atoms with Crippen LogP contribution in [0.25, 0.3) is 22.5 Å². The molecular formula is C23H26N2O5. The largest absolute Gasteiger partial charge is 0.508 e. The number of aromatic hydroxyl groups is 2. The zero-order valence-electron chi connectivity index (χ0n) is 17.4. The summed E-state index contributed by atoms with van der Waals surface area (Å²) in [7, 11) is 0.